The topological polar surface area (TPSA) is 62.5 Å². The number of hydrogen-bond acceptors (Lipinski definition) is 5. The number of hydrogen-bond donors (Lipinski definition) is 0. The number of carbonyl (C=O) groups excluding carboxylic acids is 1. The average Bonchev–Trinajstić information content (AvgIpc) is 3.23. The van der Waals surface area contributed by atoms with Crippen molar-refractivity contribution in [3.63, 3.8) is 0 Å². The highest BCUT2D eigenvalue weighted by molar-refractivity contribution is 5.98. The third-order valence-corrected chi connectivity index (χ3v) is 5.62. The highest BCUT2D eigenvalue weighted by Gasteiger charge is 2.29. The Morgan fingerprint density at radius 3 is 2.38 bits per heavy atom. The lowest BCUT2D eigenvalue weighted by Crippen LogP contribution is -2.49. The van der Waals surface area contributed by atoms with Gasteiger partial charge in [-0.05, 0) is 29.8 Å². The zero-order valence-corrected chi connectivity index (χ0v) is 17.6. The van der Waals surface area contributed by atoms with Crippen LogP contribution in [0.4, 0.5) is 0 Å². The first-order chi connectivity index (χ1) is 13.8. The molecule has 3 aromatic rings. The van der Waals surface area contributed by atoms with Crippen molar-refractivity contribution in [2.24, 2.45) is 0 Å². The quantitative estimate of drug-likeness (QED) is 0.673. The van der Waals surface area contributed by atoms with Crippen molar-refractivity contribution >= 4 is 16.7 Å². The Bertz CT molecular complexity index is 1010. The van der Waals surface area contributed by atoms with Gasteiger partial charge < -0.3 is 9.42 Å². The summed E-state index contributed by atoms with van der Waals surface area (Å²) in [6.45, 7) is 11.3. The number of nitrogens with zero attached hydrogens (tertiary/aromatic N) is 4. The molecule has 1 fully saturated rings. The van der Waals surface area contributed by atoms with E-state index in [-0.39, 0.29) is 17.4 Å². The molecule has 29 heavy (non-hydrogen) atoms. The number of carbonyl (C=O) groups is 1. The van der Waals surface area contributed by atoms with Gasteiger partial charge in [0.05, 0.1) is 6.04 Å². The minimum Gasteiger partial charge on any atom is -0.338 e. The summed E-state index contributed by atoms with van der Waals surface area (Å²) in [6.07, 6.45) is 0. The largest absolute Gasteiger partial charge is 0.338 e. The van der Waals surface area contributed by atoms with Gasteiger partial charge in [-0.2, -0.15) is 4.98 Å². The fraction of sp³-hybridized carbons (Fsp3) is 0.435. The first-order valence-corrected chi connectivity index (χ1v) is 10.2. The standard InChI is InChI=1S/C23H28N4O2/c1-16(20-24-22(25-29-20)23(2,3)4)26-11-13-27(14-12-26)21(28)19-10-9-17-7-5-6-8-18(17)15-19/h5-10,15-16H,11-14H2,1-4H3/t16-/m1/s1. The van der Waals surface area contributed by atoms with Gasteiger partial charge in [-0.1, -0.05) is 56.3 Å². The van der Waals surface area contributed by atoms with Crippen LogP contribution in [0, 0.1) is 0 Å². The van der Waals surface area contributed by atoms with Gasteiger partial charge >= 0.3 is 0 Å². The molecular weight excluding hydrogens is 364 g/mol. The van der Waals surface area contributed by atoms with E-state index in [2.05, 4.69) is 48.8 Å². The minimum atomic E-state index is -0.132. The molecule has 0 aliphatic carbocycles. The molecule has 0 saturated carbocycles. The van der Waals surface area contributed by atoms with Crippen LogP contribution in [0.15, 0.2) is 47.0 Å². The van der Waals surface area contributed by atoms with Crippen LogP contribution in [0.2, 0.25) is 0 Å². The van der Waals surface area contributed by atoms with Crippen molar-refractivity contribution in [2.45, 2.75) is 39.2 Å². The molecule has 2 heterocycles. The number of amides is 1. The molecule has 0 spiro atoms. The fourth-order valence-electron chi connectivity index (χ4n) is 3.68. The van der Waals surface area contributed by atoms with Gasteiger partial charge in [0.1, 0.15) is 0 Å². The van der Waals surface area contributed by atoms with E-state index in [4.69, 9.17) is 4.52 Å². The maximum Gasteiger partial charge on any atom is 0.253 e. The summed E-state index contributed by atoms with van der Waals surface area (Å²) in [4.78, 5) is 21.8. The van der Waals surface area contributed by atoms with Crippen molar-refractivity contribution < 1.29 is 9.32 Å². The first-order valence-electron chi connectivity index (χ1n) is 10.2. The molecule has 1 aliphatic heterocycles. The van der Waals surface area contributed by atoms with E-state index in [1.807, 2.05) is 41.3 Å². The highest BCUT2D eigenvalue weighted by Crippen LogP contribution is 2.25. The normalized spacial score (nSPS) is 16.9. The van der Waals surface area contributed by atoms with Crippen molar-refractivity contribution in [1.82, 2.24) is 19.9 Å². The van der Waals surface area contributed by atoms with E-state index in [0.717, 1.165) is 35.2 Å². The second-order valence-corrected chi connectivity index (χ2v) is 8.77. The van der Waals surface area contributed by atoms with Gasteiger partial charge in [0.2, 0.25) is 5.89 Å². The summed E-state index contributed by atoms with van der Waals surface area (Å²) in [5.74, 6) is 1.46. The van der Waals surface area contributed by atoms with E-state index in [1.165, 1.54) is 0 Å². The van der Waals surface area contributed by atoms with E-state index < -0.39 is 0 Å². The first kappa shape index (κ1) is 19.6. The fourth-order valence-corrected chi connectivity index (χ4v) is 3.68. The molecule has 1 aromatic heterocycles. The summed E-state index contributed by atoms with van der Waals surface area (Å²) >= 11 is 0. The molecule has 1 aliphatic rings. The molecule has 6 nitrogen and oxygen atoms in total. The average molecular weight is 393 g/mol. The molecule has 0 radical (unpaired) electrons. The van der Waals surface area contributed by atoms with E-state index >= 15 is 0 Å². The van der Waals surface area contributed by atoms with Gasteiger partial charge in [0, 0.05) is 37.2 Å². The van der Waals surface area contributed by atoms with Crippen LogP contribution >= 0.6 is 0 Å². The summed E-state index contributed by atoms with van der Waals surface area (Å²) in [6, 6.07) is 14.1. The summed E-state index contributed by atoms with van der Waals surface area (Å²) in [7, 11) is 0. The highest BCUT2D eigenvalue weighted by atomic mass is 16.5. The zero-order chi connectivity index (χ0) is 20.6. The Labute approximate surface area is 171 Å². The van der Waals surface area contributed by atoms with Gasteiger partial charge in [-0.3, -0.25) is 9.69 Å². The van der Waals surface area contributed by atoms with Crippen LogP contribution in [0.25, 0.3) is 10.8 Å². The minimum absolute atomic E-state index is 0.0384. The Kier molecular flexibility index (Phi) is 5.13. The maximum atomic E-state index is 13.0. The van der Waals surface area contributed by atoms with Crippen LogP contribution in [0.3, 0.4) is 0 Å². The second-order valence-electron chi connectivity index (χ2n) is 8.77. The lowest BCUT2D eigenvalue weighted by molar-refractivity contribution is 0.0552. The van der Waals surface area contributed by atoms with Gasteiger partial charge in [0.15, 0.2) is 5.82 Å². The number of piperazine rings is 1. The van der Waals surface area contributed by atoms with Crippen LogP contribution in [-0.4, -0.2) is 52.0 Å². The Morgan fingerprint density at radius 1 is 1.03 bits per heavy atom. The van der Waals surface area contributed by atoms with Crippen LogP contribution in [-0.2, 0) is 5.41 Å². The van der Waals surface area contributed by atoms with Crippen molar-refractivity contribution in [1.29, 1.82) is 0 Å². The van der Waals surface area contributed by atoms with Crippen molar-refractivity contribution in [2.75, 3.05) is 26.2 Å². The summed E-state index contributed by atoms with van der Waals surface area (Å²) in [5.41, 5.74) is 0.615. The lowest BCUT2D eigenvalue weighted by Gasteiger charge is -2.36. The zero-order valence-electron chi connectivity index (χ0n) is 17.6. The molecule has 2 aromatic carbocycles. The predicted molar refractivity (Wildman–Crippen MR) is 113 cm³/mol. The molecule has 6 heteroatoms. The Balaban J connectivity index is 1.40. The summed E-state index contributed by atoms with van der Waals surface area (Å²) < 4.78 is 5.51. The van der Waals surface area contributed by atoms with Gasteiger partial charge in [0.25, 0.3) is 5.91 Å². The van der Waals surface area contributed by atoms with Crippen LogP contribution < -0.4 is 0 Å². The monoisotopic (exact) mass is 392 g/mol. The summed E-state index contributed by atoms with van der Waals surface area (Å²) in [5, 5.41) is 6.38. The smallest absolute Gasteiger partial charge is 0.253 e. The molecule has 152 valence electrons. The second kappa shape index (κ2) is 7.59. The van der Waals surface area contributed by atoms with Crippen LogP contribution in [0.5, 0.6) is 0 Å². The predicted octanol–water partition coefficient (Wildman–Crippen LogP) is 4.04. The number of benzene rings is 2. The molecule has 0 N–H and O–H groups in total. The number of rotatable bonds is 3. The van der Waals surface area contributed by atoms with Crippen molar-refractivity contribution in [3.05, 3.63) is 59.7 Å². The molecule has 1 amide bonds. The Hall–Kier alpha value is -2.73. The van der Waals surface area contributed by atoms with E-state index in [9.17, 15) is 4.79 Å². The molecular formula is C23H28N4O2. The van der Waals surface area contributed by atoms with Crippen LogP contribution in [0.1, 0.15) is 55.8 Å². The van der Waals surface area contributed by atoms with E-state index in [0.29, 0.717) is 19.0 Å². The molecule has 1 saturated heterocycles. The third kappa shape index (κ3) is 4.03. The molecule has 0 bridgehead atoms. The molecule has 1 atom stereocenters. The number of fused-ring (bicyclic) bond motifs is 1. The SMILES string of the molecule is C[C@H](c1nc(C(C)(C)C)no1)N1CCN(C(=O)c2ccc3ccccc3c2)CC1. The van der Waals surface area contributed by atoms with Gasteiger partial charge in [-0.15, -0.1) is 0 Å². The maximum absolute atomic E-state index is 13.0. The third-order valence-electron chi connectivity index (χ3n) is 5.62. The Morgan fingerprint density at radius 2 is 1.72 bits per heavy atom. The molecule has 0 unspecified atom stereocenters. The van der Waals surface area contributed by atoms with Gasteiger partial charge in [-0.25, -0.2) is 0 Å². The van der Waals surface area contributed by atoms with Crippen molar-refractivity contribution in [3.8, 4) is 0 Å². The lowest BCUT2D eigenvalue weighted by atomic mass is 9.96. The van der Waals surface area contributed by atoms with E-state index in [1.54, 1.807) is 0 Å². The number of aromatic nitrogens is 2. The molecule has 4 rings (SSSR count).